The van der Waals surface area contributed by atoms with Gasteiger partial charge in [-0.25, -0.2) is 4.79 Å². The number of likely N-dealkylation sites (N-methyl/N-ethyl adjacent to an activating group) is 1. The van der Waals surface area contributed by atoms with E-state index in [4.69, 9.17) is 4.74 Å². The van der Waals surface area contributed by atoms with Crippen molar-refractivity contribution in [3.63, 3.8) is 0 Å². The molecule has 19 heavy (non-hydrogen) atoms. The molecule has 0 aromatic heterocycles. The van der Waals surface area contributed by atoms with Crippen molar-refractivity contribution in [1.29, 1.82) is 0 Å². The van der Waals surface area contributed by atoms with Crippen LogP contribution in [-0.2, 0) is 9.53 Å². The van der Waals surface area contributed by atoms with Crippen LogP contribution >= 0.6 is 0 Å². The molecule has 0 aromatic carbocycles. The second-order valence-electron chi connectivity index (χ2n) is 5.99. The Morgan fingerprint density at radius 2 is 2.05 bits per heavy atom. The average molecular weight is 271 g/mol. The predicted octanol–water partition coefficient (Wildman–Crippen LogP) is 0.722. The van der Waals surface area contributed by atoms with E-state index >= 15 is 0 Å². The second-order valence-corrected chi connectivity index (χ2v) is 5.99. The molecule has 2 N–H and O–H groups in total. The van der Waals surface area contributed by atoms with Crippen molar-refractivity contribution in [2.45, 2.75) is 45.3 Å². The minimum Gasteiger partial charge on any atom is -0.444 e. The zero-order chi connectivity index (χ0) is 14.5. The summed E-state index contributed by atoms with van der Waals surface area (Å²) >= 11 is 0. The first kappa shape index (κ1) is 15.8. The fourth-order valence-electron chi connectivity index (χ4n) is 1.94. The highest BCUT2D eigenvalue weighted by molar-refractivity contribution is 5.77. The molecule has 1 fully saturated rings. The van der Waals surface area contributed by atoms with E-state index in [1.165, 1.54) is 0 Å². The molecule has 2 amide bonds. The Bertz CT molecular complexity index is 326. The molecule has 1 heterocycles. The number of nitrogens with one attached hydrogen (secondary N) is 2. The third-order valence-corrected chi connectivity index (χ3v) is 2.78. The summed E-state index contributed by atoms with van der Waals surface area (Å²) in [6.07, 6.45) is 0.780. The van der Waals surface area contributed by atoms with Gasteiger partial charge in [-0.3, -0.25) is 4.79 Å². The number of likely N-dealkylation sites (tertiary alicyclic amines) is 1. The number of nitrogens with zero attached hydrogens (tertiary/aromatic N) is 1. The summed E-state index contributed by atoms with van der Waals surface area (Å²) < 4.78 is 5.08. The Kier molecular flexibility index (Phi) is 5.60. The van der Waals surface area contributed by atoms with Gasteiger partial charge in [-0.15, -0.1) is 0 Å². The lowest BCUT2D eigenvalue weighted by Crippen LogP contribution is -2.39. The maximum atomic E-state index is 11.7. The van der Waals surface area contributed by atoms with Crippen LogP contribution in [0.4, 0.5) is 4.79 Å². The third kappa shape index (κ3) is 7.00. The van der Waals surface area contributed by atoms with Crippen LogP contribution in [0, 0.1) is 0 Å². The Labute approximate surface area is 114 Å². The van der Waals surface area contributed by atoms with Crippen molar-refractivity contribution < 1.29 is 14.3 Å². The van der Waals surface area contributed by atoms with Crippen molar-refractivity contribution >= 4 is 12.0 Å². The summed E-state index contributed by atoms with van der Waals surface area (Å²) in [4.78, 5) is 25.2. The number of amides is 2. The van der Waals surface area contributed by atoms with Crippen LogP contribution in [-0.4, -0.2) is 55.2 Å². The zero-order valence-corrected chi connectivity index (χ0v) is 12.3. The first-order valence-corrected chi connectivity index (χ1v) is 6.71. The van der Waals surface area contributed by atoms with Gasteiger partial charge in [0.15, 0.2) is 0 Å². The van der Waals surface area contributed by atoms with E-state index in [1.807, 2.05) is 7.05 Å². The Morgan fingerprint density at radius 1 is 1.37 bits per heavy atom. The number of rotatable bonds is 4. The Balaban J connectivity index is 2.12. The molecule has 1 aliphatic rings. The van der Waals surface area contributed by atoms with Crippen molar-refractivity contribution in [3.8, 4) is 0 Å². The highest BCUT2D eigenvalue weighted by atomic mass is 16.6. The molecule has 1 aliphatic heterocycles. The lowest BCUT2D eigenvalue weighted by atomic mass is 10.2. The molecule has 0 bridgehead atoms. The van der Waals surface area contributed by atoms with Gasteiger partial charge in [0.2, 0.25) is 5.91 Å². The van der Waals surface area contributed by atoms with E-state index in [1.54, 1.807) is 20.8 Å². The predicted molar refractivity (Wildman–Crippen MR) is 72.9 cm³/mol. The van der Waals surface area contributed by atoms with Crippen LogP contribution in [0.25, 0.3) is 0 Å². The topological polar surface area (TPSA) is 70.7 Å². The van der Waals surface area contributed by atoms with E-state index in [-0.39, 0.29) is 18.4 Å². The monoisotopic (exact) mass is 271 g/mol. The van der Waals surface area contributed by atoms with Crippen LogP contribution in [0.5, 0.6) is 0 Å². The first-order valence-electron chi connectivity index (χ1n) is 6.71. The average Bonchev–Trinajstić information content (AvgIpc) is 2.61. The molecule has 0 radical (unpaired) electrons. The molecular formula is C13H25N3O3. The molecule has 6 heteroatoms. The normalized spacial score (nSPS) is 20.1. The molecule has 1 unspecified atom stereocenters. The smallest absolute Gasteiger partial charge is 0.407 e. The summed E-state index contributed by atoms with van der Waals surface area (Å²) in [7, 11) is 2.04. The Morgan fingerprint density at radius 3 is 2.58 bits per heavy atom. The number of carbonyl (C=O) groups is 2. The van der Waals surface area contributed by atoms with Crippen molar-refractivity contribution in [2.24, 2.45) is 0 Å². The maximum Gasteiger partial charge on any atom is 0.407 e. The molecule has 110 valence electrons. The minimum atomic E-state index is -0.513. The van der Waals surface area contributed by atoms with Gasteiger partial charge in [-0.05, 0) is 40.8 Å². The number of ether oxygens (including phenoxy) is 1. The Hall–Kier alpha value is -1.30. The zero-order valence-electron chi connectivity index (χ0n) is 12.3. The number of hydrogen-bond donors (Lipinski definition) is 2. The standard InChI is InChI=1S/C13H25N3O3/c1-13(2,3)19-12(18)14-7-5-11(17)15-10-6-8-16(4)9-10/h10H,5-9H2,1-4H3,(H,14,18)(H,15,17). The molecular weight excluding hydrogens is 246 g/mol. The van der Waals surface area contributed by atoms with Crippen molar-refractivity contribution in [2.75, 3.05) is 26.7 Å². The van der Waals surface area contributed by atoms with Gasteiger partial charge >= 0.3 is 6.09 Å². The van der Waals surface area contributed by atoms with E-state index in [0.29, 0.717) is 6.54 Å². The van der Waals surface area contributed by atoms with E-state index in [9.17, 15) is 9.59 Å². The lowest BCUT2D eigenvalue weighted by Gasteiger charge is -2.19. The fourth-order valence-corrected chi connectivity index (χ4v) is 1.94. The third-order valence-electron chi connectivity index (χ3n) is 2.78. The van der Waals surface area contributed by atoms with Crippen LogP contribution in [0.2, 0.25) is 0 Å². The molecule has 0 saturated carbocycles. The number of alkyl carbamates (subject to hydrolysis) is 1. The van der Waals surface area contributed by atoms with Gasteiger partial charge in [-0.1, -0.05) is 0 Å². The second kappa shape index (κ2) is 6.75. The van der Waals surface area contributed by atoms with Crippen molar-refractivity contribution in [3.05, 3.63) is 0 Å². The lowest BCUT2D eigenvalue weighted by molar-refractivity contribution is -0.121. The maximum absolute atomic E-state index is 11.7. The van der Waals surface area contributed by atoms with Gasteiger partial charge in [0, 0.05) is 25.6 Å². The van der Waals surface area contributed by atoms with E-state index < -0.39 is 11.7 Å². The molecule has 0 aromatic rings. The SMILES string of the molecule is CN1CCC(NC(=O)CCNC(=O)OC(C)(C)C)C1. The van der Waals surface area contributed by atoms with Gasteiger partial charge in [0.05, 0.1) is 0 Å². The summed E-state index contributed by atoms with van der Waals surface area (Å²) in [5, 5.41) is 5.53. The quantitative estimate of drug-likeness (QED) is 0.790. The van der Waals surface area contributed by atoms with Gasteiger partial charge in [-0.2, -0.15) is 0 Å². The summed E-state index contributed by atoms with van der Waals surface area (Å²) in [5.74, 6) is -0.0311. The molecule has 1 saturated heterocycles. The van der Waals surface area contributed by atoms with E-state index in [2.05, 4.69) is 15.5 Å². The van der Waals surface area contributed by atoms with Gasteiger partial charge in [0.1, 0.15) is 5.60 Å². The molecule has 1 atom stereocenters. The summed E-state index contributed by atoms with van der Waals surface area (Å²) in [5.41, 5.74) is -0.513. The molecule has 1 rings (SSSR count). The van der Waals surface area contributed by atoms with Crippen LogP contribution in [0.3, 0.4) is 0 Å². The van der Waals surface area contributed by atoms with Crippen LogP contribution in [0.15, 0.2) is 0 Å². The van der Waals surface area contributed by atoms with Gasteiger partial charge < -0.3 is 20.3 Å². The highest BCUT2D eigenvalue weighted by Gasteiger charge is 2.21. The molecule has 0 aliphatic carbocycles. The van der Waals surface area contributed by atoms with Gasteiger partial charge in [0.25, 0.3) is 0 Å². The van der Waals surface area contributed by atoms with Crippen molar-refractivity contribution in [1.82, 2.24) is 15.5 Å². The van der Waals surface area contributed by atoms with Crippen LogP contribution in [0.1, 0.15) is 33.6 Å². The fraction of sp³-hybridized carbons (Fsp3) is 0.846. The molecule has 6 nitrogen and oxygen atoms in total. The first-order chi connectivity index (χ1) is 8.76. The number of hydrogen-bond acceptors (Lipinski definition) is 4. The molecule has 0 spiro atoms. The largest absolute Gasteiger partial charge is 0.444 e. The summed E-state index contributed by atoms with van der Waals surface area (Å²) in [6.45, 7) is 7.61. The minimum absolute atomic E-state index is 0.0311. The van der Waals surface area contributed by atoms with Crippen LogP contribution < -0.4 is 10.6 Å². The summed E-state index contributed by atoms with van der Waals surface area (Å²) in [6, 6.07) is 0.235. The van der Waals surface area contributed by atoms with E-state index in [0.717, 1.165) is 19.5 Å². The number of carbonyl (C=O) groups excluding carboxylic acids is 2. The highest BCUT2D eigenvalue weighted by Crippen LogP contribution is 2.07.